The molecule has 1 amide bonds. The number of nitrogens with one attached hydrogen (secondary N) is 1. The van der Waals surface area contributed by atoms with Gasteiger partial charge >= 0.3 is 0 Å². The van der Waals surface area contributed by atoms with Gasteiger partial charge < -0.3 is 10.2 Å². The summed E-state index contributed by atoms with van der Waals surface area (Å²) < 4.78 is 13.0. The summed E-state index contributed by atoms with van der Waals surface area (Å²) in [4.78, 5) is 14.3. The first-order chi connectivity index (χ1) is 10.0. The Morgan fingerprint density at radius 3 is 2.71 bits per heavy atom. The van der Waals surface area contributed by atoms with Gasteiger partial charge in [0, 0.05) is 25.2 Å². The fourth-order valence-electron chi connectivity index (χ4n) is 3.21. The second-order valence-corrected chi connectivity index (χ2v) is 6.33. The predicted molar refractivity (Wildman–Crippen MR) is 82.7 cm³/mol. The number of rotatable bonds is 5. The van der Waals surface area contributed by atoms with Crippen LogP contribution in [0.5, 0.6) is 0 Å². The molecule has 2 atom stereocenters. The van der Waals surface area contributed by atoms with Crippen molar-refractivity contribution in [3.63, 3.8) is 0 Å². The van der Waals surface area contributed by atoms with Crippen molar-refractivity contribution in [2.75, 3.05) is 26.2 Å². The van der Waals surface area contributed by atoms with Crippen molar-refractivity contribution >= 4 is 5.91 Å². The Labute approximate surface area is 126 Å². The van der Waals surface area contributed by atoms with Crippen molar-refractivity contribution in [2.45, 2.75) is 26.7 Å². The highest BCUT2D eigenvalue weighted by Crippen LogP contribution is 2.20. The summed E-state index contributed by atoms with van der Waals surface area (Å²) in [6, 6.07) is 5.80. The van der Waals surface area contributed by atoms with Gasteiger partial charge in [0.2, 0.25) is 0 Å². The van der Waals surface area contributed by atoms with Crippen LogP contribution in [0.2, 0.25) is 0 Å². The molecule has 1 heterocycles. The second kappa shape index (κ2) is 7.55. The smallest absolute Gasteiger partial charge is 0.251 e. The van der Waals surface area contributed by atoms with Gasteiger partial charge in [0.25, 0.3) is 5.91 Å². The molecule has 0 aromatic heterocycles. The van der Waals surface area contributed by atoms with Gasteiger partial charge in [-0.3, -0.25) is 4.79 Å². The van der Waals surface area contributed by atoms with Crippen LogP contribution in [0, 0.1) is 17.7 Å². The van der Waals surface area contributed by atoms with Crippen molar-refractivity contribution in [1.82, 2.24) is 10.2 Å². The van der Waals surface area contributed by atoms with Crippen molar-refractivity contribution in [2.24, 2.45) is 11.8 Å². The zero-order chi connectivity index (χ0) is 15.2. The summed E-state index contributed by atoms with van der Waals surface area (Å²) in [7, 11) is 0. The van der Waals surface area contributed by atoms with Gasteiger partial charge in [-0.25, -0.2) is 4.39 Å². The summed E-state index contributed by atoms with van der Waals surface area (Å²) in [6.07, 6.45) is 2.24. The van der Waals surface area contributed by atoms with Gasteiger partial charge in [0.15, 0.2) is 0 Å². The highest BCUT2D eigenvalue weighted by Gasteiger charge is 2.21. The third kappa shape index (κ3) is 5.12. The number of likely N-dealkylation sites (tertiary alicyclic amines) is 1. The number of amides is 1. The summed E-state index contributed by atoms with van der Waals surface area (Å²) in [5, 5.41) is 2.86. The summed E-state index contributed by atoms with van der Waals surface area (Å²) in [5.74, 6) is 0.945. The number of piperidine rings is 1. The molecule has 3 nitrogen and oxygen atoms in total. The topological polar surface area (TPSA) is 32.3 Å². The average molecular weight is 292 g/mol. The summed E-state index contributed by atoms with van der Waals surface area (Å²) in [6.45, 7) is 8.56. The van der Waals surface area contributed by atoms with Crippen LogP contribution in [0.1, 0.15) is 37.0 Å². The van der Waals surface area contributed by atoms with E-state index in [0.29, 0.717) is 12.1 Å². The molecule has 21 heavy (non-hydrogen) atoms. The van der Waals surface area contributed by atoms with E-state index in [9.17, 15) is 9.18 Å². The molecule has 1 aliphatic heterocycles. The van der Waals surface area contributed by atoms with E-state index in [1.54, 1.807) is 12.1 Å². The number of carbonyl (C=O) groups excluding carboxylic acids is 1. The SMILES string of the molecule is C[C@H]1C[C@H](C)CN(CCCNC(=O)c2cccc(F)c2)C1. The minimum atomic E-state index is -0.376. The highest BCUT2D eigenvalue weighted by molar-refractivity contribution is 5.94. The van der Waals surface area contributed by atoms with E-state index in [1.165, 1.54) is 18.6 Å². The van der Waals surface area contributed by atoms with Crippen molar-refractivity contribution in [3.8, 4) is 0 Å². The second-order valence-electron chi connectivity index (χ2n) is 6.33. The lowest BCUT2D eigenvalue weighted by Gasteiger charge is -2.34. The molecule has 4 heteroatoms. The monoisotopic (exact) mass is 292 g/mol. The fourth-order valence-corrected chi connectivity index (χ4v) is 3.21. The number of benzene rings is 1. The predicted octanol–water partition coefficient (Wildman–Crippen LogP) is 2.92. The number of nitrogens with zero attached hydrogens (tertiary/aromatic N) is 1. The number of hydrogen-bond donors (Lipinski definition) is 1. The zero-order valence-corrected chi connectivity index (χ0v) is 12.9. The fraction of sp³-hybridized carbons (Fsp3) is 0.588. The van der Waals surface area contributed by atoms with E-state index in [2.05, 4.69) is 24.1 Å². The lowest BCUT2D eigenvalue weighted by molar-refractivity contribution is 0.0947. The van der Waals surface area contributed by atoms with E-state index >= 15 is 0 Å². The zero-order valence-electron chi connectivity index (χ0n) is 12.9. The largest absolute Gasteiger partial charge is 0.352 e. The third-order valence-corrected chi connectivity index (χ3v) is 3.97. The van der Waals surface area contributed by atoms with Gasteiger partial charge in [-0.2, -0.15) is 0 Å². The molecule has 1 aliphatic rings. The first kappa shape index (κ1) is 16.0. The van der Waals surface area contributed by atoms with Crippen LogP contribution < -0.4 is 5.32 Å². The van der Waals surface area contributed by atoms with Crippen LogP contribution in [0.3, 0.4) is 0 Å². The Hall–Kier alpha value is -1.42. The maximum Gasteiger partial charge on any atom is 0.251 e. The van der Waals surface area contributed by atoms with Crippen LogP contribution in [-0.2, 0) is 0 Å². The quantitative estimate of drug-likeness (QED) is 0.846. The third-order valence-electron chi connectivity index (χ3n) is 3.97. The summed E-state index contributed by atoms with van der Waals surface area (Å²) >= 11 is 0. The molecule has 1 aromatic carbocycles. The van der Waals surface area contributed by atoms with Crippen molar-refractivity contribution < 1.29 is 9.18 Å². The molecular formula is C17H25FN2O. The molecule has 116 valence electrons. The Morgan fingerprint density at radius 1 is 1.33 bits per heavy atom. The van der Waals surface area contributed by atoms with Gasteiger partial charge in [-0.1, -0.05) is 19.9 Å². The lowest BCUT2D eigenvalue weighted by Crippen LogP contribution is -2.40. The van der Waals surface area contributed by atoms with Crippen LogP contribution in [0.4, 0.5) is 4.39 Å². The molecule has 1 N–H and O–H groups in total. The number of halogens is 1. The van der Waals surface area contributed by atoms with Gasteiger partial charge in [0.1, 0.15) is 5.82 Å². The van der Waals surface area contributed by atoms with E-state index < -0.39 is 0 Å². The molecule has 0 unspecified atom stereocenters. The highest BCUT2D eigenvalue weighted by atomic mass is 19.1. The molecule has 0 radical (unpaired) electrons. The van der Waals surface area contributed by atoms with Crippen molar-refractivity contribution in [1.29, 1.82) is 0 Å². The average Bonchev–Trinajstić information content (AvgIpc) is 2.42. The van der Waals surface area contributed by atoms with E-state index in [0.717, 1.165) is 37.9 Å². The first-order valence-electron chi connectivity index (χ1n) is 7.80. The van der Waals surface area contributed by atoms with Crippen LogP contribution in [0.15, 0.2) is 24.3 Å². The lowest BCUT2D eigenvalue weighted by atomic mass is 9.92. The molecule has 0 spiro atoms. The Bertz CT molecular complexity index is 468. The molecule has 1 aromatic rings. The van der Waals surface area contributed by atoms with E-state index in [1.807, 2.05) is 0 Å². The van der Waals surface area contributed by atoms with Gasteiger partial charge in [-0.05, 0) is 49.4 Å². The number of hydrogen-bond acceptors (Lipinski definition) is 2. The first-order valence-corrected chi connectivity index (χ1v) is 7.80. The number of carbonyl (C=O) groups is 1. The standard InChI is InChI=1S/C17H25FN2O/c1-13-9-14(2)12-20(11-13)8-4-7-19-17(21)15-5-3-6-16(18)10-15/h3,5-6,10,13-14H,4,7-9,11-12H2,1-2H3,(H,19,21)/t13-,14-/m0/s1. The van der Waals surface area contributed by atoms with Crippen molar-refractivity contribution in [3.05, 3.63) is 35.6 Å². The Kier molecular flexibility index (Phi) is 5.74. The van der Waals surface area contributed by atoms with Crippen LogP contribution >= 0.6 is 0 Å². The van der Waals surface area contributed by atoms with Gasteiger partial charge in [-0.15, -0.1) is 0 Å². The Morgan fingerprint density at radius 2 is 2.05 bits per heavy atom. The molecule has 0 saturated carbocycles. The molecule has 0 aliphatic carbocycles. The molecule has 2 rings (SSSR count). The normalized spacial score (nSPS) is 23.0. The van der Waals surface area contributed by atoms with Crippen LogP contribution in [-0.4, -0.2) is 37.0 Å². The van der Waals surface area contributed by atoms with E-state index in [-0.39, 0.29) is 11.7 Å². The van der Waals surface area contributed by atoms with E-state index in [4.69, 9.17) is 0 Å². The molecular weight excluding hydrogens is 267 g/mol. The molecule has 1 saturated heterocycles. The Balaban J connectivity index is 1.69. The molecule has 1 fully saturated rings. The summed E-state index contributed by atoms with van der Waals surface area (Å²) in [5.41, 5.74) is 0.384. The minimum absolute atomic E-state index is 0.199. The maximum absolute atomic E-state index is 13.0. The maximum atomic E-state index is 13.0. The van der Waals surface area contributed by atoms with Crippen LogP contribution in [0.25, 0.3) is 0 Å². The molecule has 0 bridgehead atoms. The minimum Gasteiger partial charge on any atom is -0.352 e. The van der Waals surface area contributed by atoms with Gasteiger partial charge in [0.05, 0.1) is 0 Å².